The largest absolute Gasteiger partial charge is 0.491 e. The second-order valence-electron chi connectivity index (χ2n) is 6.93. The zero-order valence-corrected chi connectivity index (χ0v) is 16.4. The molecule has 1 aliphatic rings. The smallest absolute Gasteiger partial charge is 0.254 e. The minimum Gasteiger partial charge on any atom is -0.491 e. The molecule has 6 nitrogen and oxygen atoms in total. The van der Waals surface area contributed by atoms with Crippen LogP contribution in [-0.4, -0.2) is 55.8 Å². The van der Waals surface area contributed by atoms with Crippen molar-refractivity contribution in [1.29, 1.82) is 0 Å². The number of benzene rings is 2. The SMILES string of the molecule is COCCOc1ccc(C(=O)N2CCO[C@@H](c3cc4ccccc4cn3)C2)cc1. The van der Waals surface area contributed by atoms with Crippen LogP contribution in [0.1, 0.15) is 22.2 Å². The first-order valence-electron chi connectivity index (χ1n) is 9.72. The topological polar surface area (TPSA) is 60.9 Å². The van der Waals surface area contributed by atoms with Crippen LogP contribution < -0.4 is 4.74 Å². The normalized spacial score (nSPS) is 16.7. The van der Waals surface area contributed by atoms with Gasteiger partial charge in [0.05, 0.1) is 25.5 Å². The molecular formula is C23H24N2O4. The second kappa shape index (κ2) is 9.03. The molecule has 0 spiro atoms. The van der Waals surface area contributed by atoms with E-state index >= 15 is 0 Å². The maximum atomic E-state index is 12.9. The average Bonchev–Trinajstić information content (AvgIpc) is 2.79. The third-order valence-electron chi connectivity index (χ3n) is 4.99. The molecule has 1 aromatic heterocycles. The number of aromatic nitrogens is 1. The Morgan fingerprint density at radius 2 is 1.93 bits per heavy atom. The van der Waals surface area contributed by atoms with Gasteiger partial charge in [-0.3, -0.25) is 9.78 Å². The van der Waals surface area contributed by atoms with Gasteiger partial charge in [0.1, 0.15) is 18.5 Å². The van der Waals surface area contributed by atoms with Gasteiger partial charge < -0.3 is 19.1 Å². The fourth-order valence-electron chi connectivity index (χ4n) is 3.41. The average molecular weight is 392 g/mol. The van der Waals surface area contributed by atoms with Crippen LogP contribution in [0.15, 0.2) is 60.8 Å². The number of fused-ring (bicyclic) bond motifs is 1. The number of rotatable bonds is 6. The van der Waals surface area contributed by atoms with E-state index in [-0.39, 0.29) is 12.0 Å². The number of ether oxygens (including phenoxy) is 3. The summed E-state index contributed by atoms with van der Waals surface area (Å²) < 4.78 is 16.4. The van der Waals surface area contributed by atoms with E-state index in [9.17, 15) is 4.79 Å². The maximum Gasteiger partial charge on any atom is 0.254 e. The summed E-state index contributed by atoms with van der Waals surface area (Å²) in [6.07, 6.45) is 1.63. The second-order valence-corrected chi connectivity index (χ2v) is 6.93. The lowest BCUT2D eigenvalue weighted by atomic mass is 10.1. The van der Waals surface area contributed by atoms with E-state index in [1.54, 1.807) is 19.2 Å². The predicted octanol–water partition coefficient (Wildman–Crippen LogP) is 3.47. The summed E-state index contributed by atoms with van der Waals surface area (Å²) in [7, 11) is 1.63. The highest BCUT2D eigenvalue weighted by atomic mass is 16.5. The highest BCUT2D eigenvalue weighted by Crippen LogP contribution is 2.25. The van der Waals surface area contributed by atoms with Crippen molar-refractivity contribution in [3.05, 3.63) is 72.1 Å². The summed E-state index contributed by atoms with van der Waals surface area (Å²) in [5.41, 5.74) is 1.49. The van der Waals surface area contributed by atoms with E-state index in [2.05, 4.69) is 11.1 Å². The van der Waals surface area contributed by atoms with Gasteiger partial charge in [-0.05, 0) is 35.7 Å². The lowest BCUT2D eigenvalue weighted by molar-refractivity contribution is -0.0246. The van der Waals surface area contributed by atoms with Crippen LogP contribution in [0.2, 0.25) is 0 Å². The zero-order chi connectivity index (χ0) is 20.1. The van der Waals surface area contributed by atoms with Crippen LogP contribution in [0, 0.1) is 0 Å². The van der Waals surface area contributed by atoms with Crippen molar-refractivity contribution in [1.82, 2.24) is 9.88 Å². The Kier molecular flexibility index (Phi) is 6.03. The van der Waals surface area contributed by atoms with Crippen molar-refractivity contribution in [2.45, 2.75) is 6.10 Å². The first-order valence-corrected chi connectivity index (χ1v) is 9.72. The molecule has 2 aromatic carbocycles. The van der Waals surface area contributed by atoms with Crippen molar-refractivity contribution in [2.24, 2.45) is 0 Å². The van der Waals surface area contributed by atoms with Crippen molar-refractivity contribution in [2.75, 3.05) is 40.0 Å². The Morgan fingerprint density at radius 3 is 2.72 bits per heavy atom. The summed E-state index contributed by atoms with van der Waals surface area (Å²) >= 11 is 0. The Balaban J connectivity index is 1.43. The van der Waals surface area contributed by atoms with Crippen molar-refractivity contribution < 1.29 is 19.0 Å². The molecule has 0 aliphatic carbocycles. The highest BCUT2D eigenvalue weighted by Gasteiger charge is 2.27. The molecule has 1 atom stereocenters. The quantitative estimate of drug-likeness (QED) is 0.601. The van der Waals surface area contributed by atoms with Crippen LogP contribution in [0.5, 0.6) is 5.75 Å². The summed E-state index contributed by atoms with van der Waals surface area (Å²) in [4.78, 5) is 19.3. The summed E-state index contributed by atoms with van der Waals surface area (Å²) in [6.45, 7) is 2.54. The Hall–Kier alpha value is -2.96. The van der Waals surface area contributed by atoms with Gasteiger partial charge >= 0.3 is 0 Å². The van der Waals surface area contributed by atoms with Crippen LogP contribution in [-0.2, 0) is 9.47 Å². The molecule has 2 heterocycles. The van der Waals surface area contributed by atoms with Gasteiger partial charge in [0.15, 0.2) is 0 Å². The molecule has 29 heavy (non-hydrogen) atoms. The Morgan fingerprint density at radius 1 is 1.14 bits per heavy atom. The Labute approximate surface area is 170 Å². The fraction of sp³-hybridized carbons (Fsp3) is 0.304. The lowest BCUT2D eigenvalue weighted by Crippen LogP contribution is -2.42. The number of nitrogens with zero attached hydrogens (tertiary/aromatic N) is 2. The molecule has 0 saturated carbocycles. The van der Waals surface area contributed by atoms with Gasteiger partial charge in [0.2, 0.25) is 0 Å². The van der Waals surface area contributed by atoms with E-state index in [0.717, 1.165) is 22.2 Å². The van der Waals surface area contributed by atoms with Crippen LogP contribution in [0.25, 0.3) is 10.8 Å². The van der Waals surface area contributed by atoms with E-state index in [1.807, 2.05) is 47.5 Å². The molecule has 3 aromatic rings. The van der Waals surface area contributed by atoms with E-state index in [1.165, 1.54) is 0 Å². The van der Waals surface area contributed by atoms with Gasteiger partial charge in [-0.15, -0.1) is 0 Å². The summed E-state index contributed by atoms with van der Waals surface area (Å²) in [5, 5.41) is 2.21. The number of hydrogen-bond donors (Lipinski definition) is 0. The van der Waals surface area contributed by atoms with E-state index < -0.39 is 0 Å². The molecule has 1 saturated heterocycles. The minimum atomic E-state index is -0.228. The lowest BCUT2D eigenvalue weighted by Gasteiger charge is -2.32. The molecule has 0 bridgehead atoms. The van der Waals surface area contributed by atoms with Crippen molar-refractivity contribution >= 4 is 16.7 Å². The molecule has 4 rings (SSSR count). The van der Waals surface area contributed by atoms with Gasteiger partial charge in [-0.1, -0.05) is 24.3 Å². The molecule has 0 unspecified atom stereocenters. The monoisotopic (exact) mass is 392 g/mol. The van der Waals surface area contributed by atoms with Gasteiger partial charge in [-0.2, -0.15) is 0 Å². The highest BCUT2D eigenvalue weighted by molar-refractivity contribution is 5.94. The number of methoxy groups -OCH3 is 1. The summed E-state index contributed by atoms with van der Waals surface area (Å²) in [5.74, 6) is 0.710. The zero-order valence-electron chi connectivity index (χ0n) is 16.4. The van der Waals surface area contributed by atoms with Crippen LogP contribution >= 0.6 is 0 Å². The molecular weight excluding hydrogens is 368 g/mol. The summed E-state index contributed by atoms with van der Waals surface area (Å²) in [6, 6.07) is 17.3. The van der Waals surface area contributed by atoms with Gasteiger partial charge in [0, 0.05) is 30.8 Å². The molecule has 0 N–H and O–H groups in total. The Bertz CT molecular complexity index is 974. The molecule has 0 radical (unpaired) electrons. The van der Waals surface area contributed by atoms with E-state index in [0.29, 0.717) is 38.5 Å². The standard InChI is InChI=1S/C23H24N2O4/c1-27-12-13-28-20-8-6-17(7-9-20)23(26)25-10-11-29-22(16-25)21-14-18-4-2-3-5-19(18)15-24-21/h2-9,14-15,22H,10-13,16H2,1H3/t22-/m1/s1. The van der Waals surface area contributed by atoms with Gasteiger partial charge in [0.25, 0.3) is 5.91 Å². The molecule has 6 heteroatoms. The number of pyridine rings is 1. The number of morpholine rings is 1. The molecule has 150 valence electrons. The predicted molar refractivity (Wildman–Crippen MR) is 110 cm³/mol. The third-order valence-corrected chi connectivity index (χ3v) is 4.99. The first kappa shape index (κ1) is 19.4. The third kappa shape index (κ3) is 4.55. The number of carbonyl (C=O) groups excluding carboxylic acids is 1. The number of hydrogen-bond acceptors (Lipinski definition) is 5. The van der Waals surface area contributed by atoms with Crippen LogP contribution in [0.4, 0.5) is 0 Å². The van der Waals surface area contributed by atoms with Gasteiger partial charge in [-0.25, -0.2) is 0 Å². The maximum absolute atomic E-state index is 12.9. The van der Waals surface area contributed by atoms with Crippen LogP contribution in [0.3, 0.4) is 0 Å². The fourth-order valence-corrected chi connectivity index (χ4v) is 3.41. The van der Waals surface area contributed by atoms with E-state index in [4.69, 9.17) is 14.2 Å². The molecule has 1 aliphatic heterocycles. The minimum absolute atomic E-state index is 0.0115. The molecule has 1 fully saturated rings. The number of carbonyl (C=O) groups is 1. The van der Waals surface area contributed by atoms with Crippen molar-refractivity contribution in [3.8, 4) is 5.75 Å². The number of amides is 1. The first-order chi connectivity index (χ1) is 14.2. The van der Waals surface area contributed by atoms with Crippen molar-refractivity contribution in [3.63, 3.8) is 0 Å². The molecule has 1 amide bonds.